The zero-order valence-corrected chi connectivity index (χ0v) is 14.9. The predicted octanol–water partition coefficient (Wildman–Crippen LogP) is -3.97. The number of aliphatic hydroxyl groups excluding tert-OH is 2. The van der Waals surface area contributed by atoms with Gasteiger partial charge in [-0.15, -0.1) is 0 Å². The van der Waals surface area contributed by atoms with Crippen LogP contribution in [0.25, 0.3) is 0 Å². The SMILES string of the molecule is CS(=O)(=O)C(O)[C@H]1O[C@@H](n2cc(F)c(=O)[nH]c2=O)[C@H](O)[C@@]1(O)S(C)(=O)=O. The van der Waals surface area contributed by atoms with Crippen LogP contribution < -0.4 is 11.2 Å². The number of nitrogens with zero attached hydrogens (tertiary/aromatic N) is 1. The van der Waals surface area contributed by atoms with Gasteiger partial charge in [0, 0.05) is 12.5 Å². The molecule has 2 rings (SSSR count). The summed E-state index contributed by atoms with van der Waals surface area (Å²) in [6.45, 7) is 0. The number of aromatic nitrogens is 2. The van der Waals surface area contributed by atoms with E-state index in [-0.39, 0.29) is 10.8 Å². The second-order valence-electron chi connectivity index (χ2n) is 5.78. The molecule has 0 amide bonds. The minimum absolute atomic E-state index is 0.215. The first-order valence-electron chi connectivity index (χ1n) is 6.75. The van der Waals surface area contributed by atoms with Crippen molar-refractivity contribution in [3.8, 4) is 0 Å². The lowest BCUT2D eigenvalue weighted by Crippen LogP contribution is -2.58. The van der Waals surface area contributed by atoms with E-state index in [1.54, 1.807) is 0 Å². The Morgan fingerprint density at radius 1 is 1.31 bits per heavy atom. The second kappa shape index (κ2) is 6.21. The third kappa shape index (κ3) is 3.10. The summed E-state index contributed by atoms with van der Waals surface area (Å²) < 4.78 is 65.7. The van der Waals surface area contributed by atoms with Crippen LogP contribution in [0.5, 0.6) is 0 Å². The molecule has 0 bridgehead atoms. The molecule has 15 heteroatoms. The van der Waals surface area contributed by atoms with Crippen molar-refractivity contribution in [3.05, 3.63) is 32.9 Å². The number of rotatable bonds is 4. The minimum atomic E-state index is -4.70. The van der Waals surface area contributed by atoms with E-state index in [1.807, 2.05) is 0 Å². The highest BCUT2D eigenvalue weighted by molar-refractivity contribution is 7.92. The summed E-state index contributed by atoms with van der Waals surface area (Å²) >= 11 is 0. The van der Waals surface area contributed by atoms with Crippen molar-refractivity contribution in [2.24, 2.45) is 0 Å². The molecule has 1 aliphatic rings. The van der Waals surface area contributed by atoms with E-state index in [4.69, 9.17) is 4.74 Å². The molecule has 1 aliphatic heterocycles. The maximum absolute atomic E-state index is 13.4. The summed E-state index contributed by atoms with van der Waals surface area (Å²) in [4.78, 5) is 21.0. The molecule has 5 atom stereocenters. The highest BCUT2D eigenvalue weighted by atomic mass is 32.2. The summed E-state index contributed by atoms with van der Waals surface area (Å²) in [6, 6.07) is 0. The molecular weight excluding hydrogens is 403 g/mol. The molecular formula is C11H15FN2O10S2. The molecule has 1 aromatic rings. The van der Waals surface area contributed by atoms with Crippen LogP contribution in [0.15, 0.2) is 15.8 Å². The first-order chi connectivity index (χ1) is 11.6. The molecule has 0 aliphatic carbocycles. The van der Waals surface area contributed by atoms with Crippen molar-refractivity contribution in [1.82, 2.24) is 9.55 Å². The Labute approximate surface area is 145 Å². The zero-order chi connectivity index (χ0) is 20.2. The molecule has 1 aromatic heterocycles. The molecule has 1 fully saturated rings. The second-order valence-corrected chi connectivity index (χ2v) is 10.1. The summed E-state index contributed by atoms with van der Waals surface area (Å²) in [6.07, 6.45) is -5.87. The van der Waals surface area contributed by atoms with E-state index >= 15 is 0 Å². The summed E-state index contributed by atoms with van der Waals surface area (Å²) in [5.41, 5.74) is -5.36. The lowest BCUT2D eigenvalue weighted by molar-refractivity contribution is -0.0696. The van der Waals surface area contributed by atoms with Crippen LogP contribution in [0, 0.1) is 5.82 Å². The number of H-pyrrole nitrogens is 1. The fourth-order valence-corrected chi connectivity index (χ4v) is 4.46. The van der Waals surface area contributed by atoms with Gasteiger partial charge in [-0.05, 0) is 0 Å². The normalized spacial score (nSPS) is 31.1. The van der Waals surface area contributed by atoms with Crippen LogP contribution in [0.2, 0.25) is 0 Å². The third-order valence-electron chi connectivity index (χ3n) is 3.88. The van der Waals surface area contributed by atoms with Gasteiger partial charge >= 0.3 is 5.69 Å². The molecule has 2 heterocycles. The lowest BCUT2D eigenvalue weighted by Gasteiger charge is -2.30. The van der Waals surface area contributed by atoms with Crippen molar-refractivity contribution >= 4 is 19.7 Å². The maximum atomic E-state index is 13.4. The number of halogens is 1. The number of nitrogens with one attached hydrogen (secondary N) is 1. The molecule has 0 radical (unpaired) electrons. The van der Waals surface area contributed by atoms with E-state index in [0.29, 0.717) is 12.5 Å². The van der Waals surface area contributed by atoms with Gasteiger partial charge in [0.1, 0.15) is 12.2 Å². The number of aliphatic hydroxyl groups is 3. The molecule has 12 nitrogen and oxygen atoms in total. The number of aromatic amines is 1. The average molecular weight is 418 g/mol. The minimum Gasteiger partial charge on any atom is -0.384 e. The summed E-state index contributed by atoms with van der Waals surface area (Å²) in [5, 5.41) is 30.6. The van der Waals surface area contributed by atoms with Gasteiger partial charge in [0.15, 0.2) is 31.3 Å². The van der Waals surface area contributed by atoms with E-state index < -0.39 is 65.5 Å². The van der Waals surface area contributed by atoms with Crippen LogP contribution >= 0.6 is 0 Å². The van der Waals surface area contributed by atoms with Crippen molar-refractivity contribution in [2.45, 2.75) is 28.8 Å². The van der Waals surface area contributed by atoms with Crippen LogP contribution in [-0.2, 0) is 24.4 Å². The molecule has 4 N–H and O–H groups in total. The van der Waals surface area contributed by atoms with Gasteiger partial charge in [-0.2, -0.15) is 4.39 Å². The zero-order valence-electron chi connectivity index (χ0n) is 13.2. The van der Waals surface area contributed by atoms with Gasteiger partial charge in [0.2, 0.25) is 10.8 Å². The van der Waals surface area contributed by atoms with Crippen molar-refractivity contribution < 1.29 is 41.3 Å². The molecule has 148 valence electrons. The van der Waals surface area contributed by atoms with Crippen LogP contribution in [0.4, 0.5) is 4.39 Å². The number of sulfone groups is 2. The first kappa shape index (κ1) is 20.7. The van der Waals surface area contributed by atoms with Crippen LogP contribution in [0.1, 0.15) is 6.23 Å². The molecule has 0 spiro atoms. The van der Waals surface area contributed by atoms with Gasteiger partial charge in [0.25, 0.3) is 5.56 Å². The standard InChI is InChI=1S/C11H15FN2O10S2/c1-25(20,21)9(17)6-11(19,26(2,22)23)5(15)8(24-6)14-3-4(12)7(16)13-10(14)18/h3,5-6,8-9,15,17,19H,1-2H3,(H,13,16,18)/t5-,6+,8+,9?,11+/m0/s1. The smallest absolute Gasteiger partial charge is 0.330 e. The molecule has 1 saturated heterocycles. The Morgan fingerprint density at radius 3 is 2.31 bits per heavy atom. The van der Waals surface area contributed by atoms with Gasteiger partial charge in [-0.1, -0.05) is 0 Å². The largest absolute Gasteiger partial charge is 0.384 e. The van der Waals surface area contributed by atoms with Crippen molar-refractivity contribution in [1.29, 1.82) is 0 Å². The first-order valence-corrected chi connectivity index (χ1v) is 10.6. The van der Waals surface area contributed by atoms with Crippen LogP contribution in [0.3, 0.4) is 0 Å². The Morgan fingerprint density at radius 2 is 1.85 bits per heavy atom. The fraction of sp³-hybridized carbons (Fsp3) is 0.636. The third-order valence-corrected chi connectivity index (χ3v) is 6.66. The maximum Gasteiger partial charge on any atom is 0.330 e. The molecule has 0 aromatic carbocycles. The van der Waals surface area contributed by atoms with Gasteiger partial charge in [-0.3, -0.25) is 14.3 Å². The quantitative estimate of drug-likeness (QED) is 0.375. The van der Waals surface area contributed by atoms with E-state index in [0.717, 1.165) is 0 Å². The number of hydrogen-bond donors (Lipinski definition) is 4. The molecule has 1 unspecified atom stereocenters. The van der Waals surface area contributed by atoms with Crippen molar-refractivity contribution in [3.63, 3.8) is 0 Å². The van der Waals surface area contributed by atoms with E-state index in [9.17, 15) is 46.1 Å². The Hall–Kier alpha value is -1.65. The monoisotopic (exact) mass is 418 g/mol. The van der Waals surface area contributed by atoms with E-state index in [2.05, 4.69) is 0 Å². The molecule has 26 heavy (non-hydrogen) atoms. The van der Waals surface area contributed by atoms with Crippen LogP contribution in [-0.4, -0.2) is 76.8 Å². The Balaban J connectivity index is 2.70. The number of hydrogen-bond acceptors (Lipinski definition) is 10. The fourth-order valence-electron chi connectivity index (χ4n) is 2.49. The summed E-state index contributed by atoms with van der Waals surface area (Å²) in [7, 11) is -9.10. The topological polar surface area (TPSA) is 193 Å². The highest BCUT2D eigenvalue weighted by Crippen LogP contribution is 2.42. The van der Waals surface area contributed by atoms with Crippen molar-refractivity contribution in [2.75, 3.05) is 12.5 Å². The van der Waals surface area contributed by atoms with Gasteiger partial charge in [0.05, 0.1) is 6.20 Å². The van der Waals surface area contributed by atoms with Gasteiger partial charge < -0.3 is 20.1 Å². The lowest BCUT2D eigenvalue weighted by atomic mass is 10.1. The Bertz CT molecular complexity index is 1050. The highest BCUT2D eigenvalue weighted by Gasteiger charge is 2.66. The number of ether oxygens (including phenoxy) is 1. The Kier molecular flexibility index (Phi) is 4.93. The predicted molar refractivity (Wildman–Crippen MR) is 81.8 cm³/mol. The van der Waals surface area contributed by atoms with E-state index in [1.165, 1.54) is 4.98 Å². The molecule has 0 saturated carbocycles. The van der Waals surface area contributed by atoms with Gasteiger partial charge in [-0.25, -0.2) is 21.6 Å². The summed E-state index contributed by atoms with van der Waals surface area (Å²) in [5.74, 6) is -1.50. The average Bonchev–Trinajstić information content (AvgIpc) is 2.74.